The molecule has 6 heteroatoms. The van der Waals surface area contributed by atoms with Gasteiger partial charge in [-0.05, 0) is 54.0 Å². The average Bonchev–Trinajstić information content (AvgIpc) is 2.46. The second-order valence-corrected chi connectivity index (χ2v) is 6.37. The van der Waals surface area contributed by atoms with Crippen molar-refractivity contribution >= 4 is 33.2 Å². The molecule has 0 saturated carbocycles. The van der Waals surface area contributed by atoms with Gasteiger partial charge in [-0.25, -0.2) is 9.37 Å². The number of nitrogens with zero attached hydrogens (tertiary/aromatic N) is 2. The summed E-state index contributed by atoms with van der Waals surface area (Å²) >= 11 is 9.17. The van der Waals surface area contributed by atoms with Crippen LogP contribution >= 0.6 is 27.5 Å². The number of hydrogen-bond donors (Lipinski definition) is 0. The van der Waals surface area contributed by atoms with E-state index in [0.717, 1.165) is 0 Å². The number of hydrogen-bond acceptors (Lipinski definition) is 2. The molecule has 2 aromatic heterocycles. The second kappa shape index (κ2) is 5.48. The molecule has 0 amide bonds. The predicted octanol–water partition coefficient (Wildman–Crippen LogP) is 4.53. The van der Waals surface area contributed by atoms with Gasteiger partial charge in [0.05, 0.1) is 0 Å². The molecule has 0 saturated heterocycles. The standard InChI is InChI=1S/C16H11BrClFN2O/c1-8-9(2)20-15-13(5-10(17)7-21(15)16(8)22)12-4-3-11(18)6-14(12)19/h3-7H,1-2H3. The van der Waals surface area contributed by atoms with Gasteiger partial charge < -0.3 is 0 Å². The van der Waals surface area contributed by atoms with Crippen LogP contribution in [0.15, 0.2) is 39.7 Å². The Balaban J connectivity index is 2.46. The van der Waals surface area contributed by atoms with Crippen LogP contribution in [-0.4, -0.2) is 9.38 Å². The van der Waals surface area contributed by atoms with Crippen LogP contribution in [0.5, 0.6) is 0 Å². The number of fused-ring (bicyclic) bond motifs is 1. The number of benzene rings is 1. The summed E-state index contributed by atoms with van der Waals surface area (Å²) in [5, 5.41) is 0.317. The van der Waals surface area contributed by atoms with E-state index in [9.17, 15) is 9.18 Å². The van der Waals surface area contributed by atoms with Crippen molar-refractivity contribution in [2.75, 3.05) is 0 Å². The summed E-state index contributed by atoms with van der Waals surface area (Å²) in [6.45, 7) is 3.49. The van der Waals surface area contributed by atoms with Crippen molar-refractivity contribution in [1.29, 1.82) is 0 Å². The number of aromatic nitrogens is 2. The Morgan fingerprint density at radius 1 is 1.23 bits per heavy atom. The van der Waals surface area contributed by atoms with Crippen molar-refractivity contribution in [1.82, 2.24) is 9.38 Å². The van der Waals surface area contributed by atoms with Crippen LogP contribution in [0.4, 0.5) is 4.39 Å². The lowest BCUT2D eigenvalue weighted by atomic mass is 10.1. The van der Waals surface area contributed by atoms with Crippen molar-refractivity contribution < 1.29 is 4.39 Å². The maximum absolute atomic E-state index is 14.3. The Hall–Kier alpha value is -1.72. The average molecular weight is 382 g/mol. The Morgan fingerprint density at radius 2 is 1.95 bits per heavy atom. The molecule has 0 atom stereocenters. The summed E-state index contributed by atoms with van der Waals surface area (Å²) in [6.07, 6.45) is 1.63. The topological polar surface area (TPSA) is 34.4 Å². The van der Waals surface area contributed by atoms with Gasteiger partial charge in [-0.15, -0.1) is 0 Å². The highest BCUT2D eigenvalue weighted by Crippen LogP contribution is 2.30. The van der Waals surface area contributed by atoms with Crippen LogP contribution in [0.25, 0.3) is 16.8 Å². The molecule has 1 aromatic carbocycles. The van der Waals surface area contributed by atoms with Crippen LogP contribution in [0.1, 0.15) is 11.3 Å². The molecule has 0 aliphatic heterocycles. The van der Waals surface area contributed by atoms with E-state index < -0.39 is 5.82 Å². The van der Waals surface area contributed by atoms with Gasteiger partial charge in [-0.2, -0.15) is 0 Å². The van der Waals surface area contributed by atoms with Crippen LogP contribution in [0, 0.1) is 19.7 Å². The van der Waals surface area contributed by atoms with Crippen LogP contribution in [0.2, 0.25) is 5.02 Å². The highest BCUT2D eigenvalue weighted by Gasteiger charge is 2.15. The minimum absolute atomic E-state index is 0.167. The fraction of sp³-hybridized carbons (Fsp3) is 0.125. The summed E-state index contributed by atoms with van der Waals surface area (Å²) in [7, 11) is 0. The van der Waals surface area contributed by atoms with E-state index in [1.54, 1.807) is 38.2 Å². The van der Waals surface area contributed by atoms with E-state index in [2.05, 4.69) is 20.9 Å². The van der Waals surface area contributed by atoms with Gasteiger partial charge in [0.1, 0.15) is 11.5 Å². The first kappa shape index (κ1) is 15.2. The van der Waals surface area contributed by atoms with Gasteiger partial charge in [0, 0.05) is 38.1 Å². The minimum Gasteiger partial charge on any atom is -0.269 e. The quantitative estimate of drug-likeness (QED) is 0.620. The fourth-order valence-electron chi connectivity index (χ4n) is 2.31. The number of pyridine rings is 1. The third kappa shape index (κ3) is 2.44. The van der Waals surface area contributed by atoms with E-state index in [0.29, 0.717) is 37.5 Å². The molecule has 0 unspecified atom stereocenters. The largest absolute Gasteiger partial charge is 0.269 e. The zero-order valence-corrected chi connectivity index (χ0v) is 14.2. The molecule has 0 bridgehead atoms. The highest BCUT2D eigenvalue weighted by atomic mass is 79.9. The Morgan fingerprint density at radius 3 is 2.64 bits per heavy atom. The van der Waals surface area contributed by atoms with Gasteiger partial charge in [0.25, 0.3) is 5.56 Å². The van der Waals surface area contributed by atoms with E-state index in [4.69, 9.17) is 11.6 Å². The van der Waals surface area contributed by atoms with Gasteiger partial charge in [-0.1, -0.05) is 11.6 Å². The monoisotopic (exact) mass is 380 g/mol. The fourth-order valence-corrected chi connectivity index (χ4v) is 2.90. The molecule has 2 heterocycles. The Bertz CT molecular complexity index is 968. The van der Waals surface area contributed by atoms with E-state index >= 15 is 0 Å². The molecule has 0 aliphatic carbocycles. The van der Waals surface area contributed by atoms with E-state index in [1.165, 1.54) is 10.5 Å². The molecule has 22 heavy (non-hydrogen) atoms. The molecule has 3 rings (SSSR count). The molecule has 0 spiro atoms. The first-order valence-corrected chi connectivity index (χ1v) is 7.70. The SMILES string of the molecule is Cc1nc2c(-c3ccc(Cl)cc3F)cc(Br)cn2c(=O)c1C. The van der Waals surface area contributed by atoms with Gasteiger partial charge >= 0.3 is 0 Å². The van der Waals surface area contributed by atoms with Crippen LogP contribution < -0.4 is 5.56 Å². The zero-order valence-electron chi connectivity index (χ0n) is 11.8. The zero-order chi connectivity index (χ0) is 16.0. The lowest BCUT2D eigenvalue weighted by molar-refractivity contribution is 0.631. The minimum atomic E-state index is -0.458. The van der Waals surface area contributed by atoms with Crippen LogP contribution in [0.3, 0.4) is 0 Å². The van der Waals surface area contributed by atoms with Gasteiger partial charge in [-0.3, -0.25) is 9.20 Å². The van der Waals surface area contributed by atoms with Crippen molar-refractivity contribution in [3.8, 4) is 11.1 Å². The van der Waals surface area contributed by atoms with Gasteiger partial charge in [0.15, 0.2) is 0 Å². The first-order chi connectivity index (χ1) is 10.4. The number of halogens is 3. The lowest BCUT2D eigenvalue weighted by Crippen LogP contribution is -2.19. The molecular formula is C16H11BrClFN2O. The van der Waals surface area contributed by atoms with Crippen molar-refractivity contribution in [2.45, 2.75) is 13.8 Å². The molecule has 3 aromatic rings. The summed E-state index contributed by atoms with van der Waals surface area (Å²) in [5.74, 6) is -0.458. The molecular weight excluding hydrogens is 371 g/mol. The predicted molar refractivity (Wildman–Crippen MR) is 89.0 cm³/mol. The summed E-state index contributed by atoms with van der Waals surface area (Å²) in [5.41, 5.74) is 2.32. The number of aryl methyl sites for hydroxylation is 1. The third-order valence-electron chi connectivity index (χ3n) is 3.58. The third-order valence-corrected chi connectivity index (χ3v) is 4.25. The van der Waals surface area contributed by atoms with E-state index in [-0.39, 0.29) is 5.56 Å². The smallest absolute Gasteiger partial charge is 0.261 e. The Labute approximate surface area is 139 Å². The molecule has 0 fully saturated rings. The highest BCUT2D eigenvalue weighted by molar-refractivity contribution is 9.10. The van der Waals surface area contributed by atoms with Crippen molar-refractivity contribution in [3.05, 3.63) is 67.4 Å². The van der Waals surface area contributed by atoms with Gasteiger partial charge in [0.2, 0.25) is 0 Å². The van der Waals surface area contributed by atoms with Crippen molar-refractivity contribution in [3.63, 3.8) is 0 Å². The summed E-state index contributed by atoms with van der Waals surface area (Å²) in [4.78, 5) is 16.9. The molecule has 112 valence electrons. The normalized spacial score (nSPS) is 11.1. The first-order valence-electron chi connectivity index (χ1n) is 6.53. The van der Waals surface area contributed by atoms with Crippen molar-refractivity contribution in [2.24, 2.45) is 0 Å². The second-order valence-electron chi connectivity index (χ2n) is 5.02. The van der Waals surface area contributed by atoms with Crippen LogP contribution in [-0.2, 0) is 0 Å². The lowest BCUT2D eigenvalue weighted by Gasteiger charge is -2.11. The molecule has 3 nitrogen and oxygen atoms in total. The summed E-state index contributed by atoms with van der Waals surface area (Å²) < 4.78 is 16.4. The number of rotatable bonds is 1. The molecule has 0 aliphatic rings. The molecule has 0 N–H and O–H groups in total. The van der Waals surface area contributed by atoms with E-state index in [1.807, 2.05) is 0 Å². The summed E-state index contributed by atoms with van der Waals surface area (Å²) in [6, 6.07) is 6.17. The maximum Gasteiger partial charge on any atom is 0.261 e. The Kier molecular flexibility index (Phi) is 3.78. The maximum atomic E-state index is 14.3. The molecule has 0 radical (unpaired) electrons.